The first-order valence-electron chi connectivity index (χ1n) is 39.6. The molecule has 10 aliphatic rings. The van der Waals surface area contributed by atoms with Crippen molar-refractivity contribution in [3.05, 3.63) is 344 Å². The molecular formula is C97H103N5O5. The van der Waals surface area contributed by atoms with E-state index >= 15 is 0 Å². The van der Waals surface area contributed by atoms with Crippen molar-refractivity contribution >= 4 is 28.9 Å². The fraction of sp³-hybridized carbons (Fsp3) is 0.351. The van der Waals surface area contributed by atoms with E-state index in [0.717, 1.165) is 85.9 Å². The summed E-state index contributed by atoms with van der Waals surface area (Å²) in [5.74, 6) is 1.45. The summed E-state index contributed by atoms with van der Waals surface area (Å²) in [5, 5.41) is 0. The molecule has 10 nitrogen and oxygen atoms in total. The zero-order chi connectivity index (χ0) is 73.7. The molecule has 546 valence electrons. The summed E-state index contributed by atoms with van der Waals surface area (Å²) in [5.41, 5.74) is 22.3. The maximum absolute atomic E-state index is 12.4. The Morgan fingerprint density at radius 1 is 0.271 bits per heavy atom. The molecule has 0 spiro atoms. The van der Waals surface area contributed by atoms with E-state index in [2.05, 4.69) is 198 Å². The van der Waals surface area contributed by atoms with Gasteiger partial charge in [-0.15, -0.1) is 13.2 Å². The number of carbonyl (C=O) groups is 5. The van der Waals surface area contributed by atoms with Crippen LogP contribution in [0, 0.1) is 0 Å². The van der Waals surface area contributed by atoms with Gasteiger partial charge >= 0.3 is 0 Å². The number of fused-ring (bicyclic) bond motifs is 9. The average molecular weight is 1420 g/mol. The molecule has 8 atom stereocenters. The number of carbonyl (C=O) groups excluding carboxylic acids is 5. The number of hydrogen-bond acceptors (Lipinski definition) is 10. The lowest BCUT2D eigenvalue weighted by molar-refractivity contribution is 0.0912. The number of nitrogens with zero attached hydrogens (tertiary/aromatic N) is 5. The molecule has 1 saturated carbocycles. The Balaban J connectivity index is 0.000000107. The van der Waals surface area contributed by atoms with E-state index in [-0.39, 0.29) is 29.7 Å². The van der Waals surface area contributed by atoms with E-state index in [1.807, 2.05) is 91.0 Å². The Hall–Kier alpha value is -9.39. The highest BCUT2D eigenvalue weighted by Gasteiger charge is 2.42. The van der Waals surface area contributed by atoms with E-state index in [0.29, 0.717) is 91.7 Å². The first-order chi connectivity index (χ1) is 52.3. The number of likely N-dealkylation sites (N-methyl/N-ethyl adjacent to an activating group) is 1. The summed E-state index contributed by atoms with van der Waals surface area (Å²) in [6.07, 6.45) is 23.5. The van der Waals surface area contributed by atoms with Gasteiger partial charge in [-0.2, -0.15) is 0 Å². The third kappa shape index (κ3) is 15.2. The highest BCUT2D eigenvalue weighted by Crippen LogP contribution is 2.48. The number of rotatable bonds is 14. The van der Waals surface area contributed by atoms with Crippen LogP contribution in [0.2, 0.25) is 0 Å². The largest absolute Gasteiger partial charge is 0.296 e. The highest BCUT2D eigenvalue weighted by atomic mass is 16.1. The number of benzene rings is 9. The lowest BCUT2D eigenvalue weighted by Gasteiger charge is -2.37. The number of Topliss-reactive ketones (excluding diaryl/α,β-unsaturated/α-hetero) is 5. The predicted molar refractivity (Wildman–Crippen MR) is 430 cm³/mol. The molecule has 1 fully saturated rings. The van der Waals surface area contributed by atoms with Crippen LogP contribution in [-0.4, -0.2) is 106 Å². The van der Waals surface area contributed by atoms with Crippen LogP contribution in [-0.2, 0) is 38.5 Å². The number of ketones is 5. The van der Waals surface area contributed by atoms with Gasteiger partial charge in [0.05, 0.1) is 0 Å². The van der Waals surface area contributed by atoms with Crippen LogP contribution in [0.4, 0.5) is 0 Å². The van der Waals surface area contributed by atoms with Crippen molar-refractivity contribution in [1.29, 1.82) is 0 Å². The maximum atomic E-state index is 12.4. The normalized spacial score (nSPS) is 22.6. The predicted octanol–water partition coefficient (Wildman–Crippen LogP) is 19.8. The van der Waals surface area contributed by atoms with Gasteiger partial charge in [-0.3, -0.25) is 48.5 Å². The number of hydrogen-bond donors (Lipinski definition) is 0. The summed E-state index contributed by atoms with van der Waals surface area (Å²) in [4.78, 5) is 73.5. The Labute approximate surface area is 634 Å². The summed E-state index contributed by atoms with van der Waals surface area (Å²) >= 11 is 0. The molecular weight excluding hydrogens is 1320 g/mol. The van der Waals surface area contributed by atoms with Crippen LogP contribution >= 0.6 is 0 Å². The summed E-state index contributed by atoms with van der Waals surface area (Å²) in [6, 6.07) is 79.3. The fourth-order valence-electron chi connectivity index (χ4n) is 20.1. The van der Waals surface area contributed by atoms with Crippen LogP contribution in [0.15, 0.2) is 244 Å². The van der Waals surface area contributed by atoms with E-state index in [4.69, 9.17) is 0 Å². The molecule has 0 bridgehead atoms. The van der Waals surface area contributed by atoms with E-state index < -0.39 is 0 Å². The molecule has 0 amide bonds. The van der Waals surface area contributed by atoms with Gasteiger partial charge in [0.25, 0.3) is 0 Å². The average Bonchev–Trinajstić information content (AvgIpc) is 1.46. The number of aryl methyl sites for hydroxylation is 3. The van der Waals surface area contributed by atoms with Crippen LogP contribution in [0.3, 0.4) is 0 Å². The van der Waals surface area contributed by atoms with Gasteiger partial charge in [0.2, 0.25) is 0 Å². The lowest BCUT2D eigenvalue weighted by atomic mass is 9.85. The lowest BCUT2D eigenvalue weighted by Crippen LogP contribution is -2.38. The van der Waals surface area contributed by atoms with Gasteiger partial charge in [0.15, 0.2) is 28.9 Å². The van der Waals surface area contributed by atoms with E-state index in [1.54, 1.807) is 0 Å². The van der Waals surface area contributed by atoms with Crippen molar-refractivity contribution in [3.8, 4) is 0 Å². The maximum Gasteiger partial charge on any atom is 0.165 e. The van der Waals surface area contributed by atoms with E-state index in [9.17, 15) is 24.0 Å². The molecule has 9 aromatic carbocycles. The van der Waals surface area contributed by atoms with Gasteiger partial charge in [-0.25, -0.2) is 0 Å². The summed E-state index contributed by atoms with van der Waals surface area (Å²) < 4.78 is 0. The minimum atomic E-state index is 0.174. The molecule has 0 aliphatic heterocycles. The molecule has 0 aromatic heterocycles. The molecule has 0 saturated heterocycles. The first-order valence-corrected chi connectivity index (χ1v) is 39.6. The monoisotopic (exact) mass is 1420 g/mol. The van der Waals surface area contributed by atoms with Crippen molar-refractivity contribution in [2.45, 2.75) is 182 Å². The van der Waals surface area contributed by atoms with Gasteiger partial charge < -0.3 is 0 Å². The van der Waals surface area contributed by atoms with E-state index in [1.165, 1.54) is 117 Å². The zero-order valence-electron chi connectivity index (χ0n) is 62.8. The second kappa shape index (κ2) is 33.0. The Bertz CT molecular complexity index is 4750. The first kappa shape index (κ1) is 73.1. The molecule has 8 unspecified atom stereocenters. The quantitative estimate of drug-likeness (QED) is 0.0978. The summed E-state index contributed by atoms with van der Waals surface area (Å²) in [6.45, 7) is 9.52. The van der Waals surface area contributed by atoms with Crippen LogP contribution in [0.25, 0.3) is 0 Å². The fourth-order valence-corrected chi connectivity index (χ4v) is 20.1. The van der Waals surface area contributed by atoms with Gasteiger partial charge in [0.1, 0.15) is 0 Å². The van der Waals surface area contributed by atoms with Gasteiger partial charge in [0, 0.05) is 133 Å². The molecule has 0 heterocycles. The van der Waals surface area contributed by atoms with Crippen molar-refractivity contribution in [3.63, 3.8) is 0 Å². The Kier molecular flexibility index (Phi) is 22.6. The molecule has 19 rings (SSSR count). The zero-order valence-corrected chi connectivity index (χ0v) is 62.8. The van der Waals surface area contributed by atoms with Crippen LogP contribution < -0.4 is 0 Å². The van der Waals surface area contributed by atoms with Crippen LogP contribution in [0.1, 0.15) is 250 Å². The molecule has 10 aliphatic carbocycles. The van der Waals surface area contributed by atoms with Gasteiger partial charge in [-0.05, 0) is 171 Å². The Morgan fingerprint density at radius 2 is 0.579 bits per heavy atom. The smallest absolute Gasteiger partial charge is 0.165 e. The second-order valence-corrected chi connectivity index (χ2v) is 31.4. The highest BCUT2D eigenvalue weighted by molar-refractivity contribution is 6.03. The van der Waals surface area contributed by atoms with Crippen LogP contribution in [0.5, 0.6) is 0 Å². The van der Waals surface area contributed by atoms with Gasteiger partial charge in [-0.1, -0.05) is 243 Å². The minimum absolute atomic E-state index is 0.174. The second-order valence-electron chi connectivity index (χ2n) is 31.4. The topological polar surface area (TPSA) is 102 Å². The standard InChI is InChI=1S/2C21H21NO.2C20H21NO.C15H19NO/c1-2-13-22(19-12-11-15-7-3-4-8-16(15)19)20-14-21(23)18-10-6-5-9-17(18)20;1-2-11-22(17-12-15-7-3-4-8-16(15)13-17)20-14-21(23)19-10-6-5-9-18(19)20;1-21(16-11-10-14-6-2-3-7-15(14)12-16)19-13-20(22)18-9-5-4-8-17(18)19;1-21(18-11-10-14-6-2-3-7-15(14)18)19-12-13-20(22)17-9-5-4-8-16(17)19;1-16(11-6-2-3-7-11)14-10-15(17)13-9-5-4-8-12(13)14/h2-10,19-20H,1,11-14H2;2-10,17,20H,1,11-14H2;2-9,16,19H,10-13H2,1H3;2-9,18-19H,10-13H2,1H3;4-5,8-9,11,14H,2-3,6-7,10H2,1H3. The van der Waals surface area contributed by atoms with Crippen molar-refractivity contribution in [2.75, 3.05) is 34.2 Å². The molecule has 9 aromatic rings. The molecule has 0 N–H and O–H groups in total. The van der Waals surface area contributed by atoms with Crippen molar-refractivity contribution < 1.29 is 24.0 Å². The SMILES string of the molecule is C=CCN(C1CCc2ccccc21)C1CC(=O)c2ccccc21.C=CCN(C1Cc2ccccc2C1)C1CC(=O)c2ccccc21.CN(C1CCCC1)C1CC(=O)c2ccccc21.CN(C1CCc2ccccc21)C1CCC(=O)c2ccccc21.CN(C1CCc2ccccc2C1)C1CC(=O)c2ccccc21. The Morgan fingerprint density at radius 3 is 1.06 bits per heavy atom. The van der Waals surface area contributed by atoms with Crippen molar-refractivity contribution in [2.24, 2.45) is 0 Å². The minimum Gasteiger partial charge on any atom is -0.296 e. The summed E-state index contributed by atoms with van der Waals surface area (Å²) in [7, 11) is 6.61. The molecule has 0 radical (unpaired) electrons. The third-order valence-corrected chi connectivity index (χ3v) is 25.6. The third-order valence-electron chi connectivity index (χ3n) is 25.6. The van der Waals surface area contributed by atoms with Crippen molar-refractivity contribution in [1.82, 2.24) is 24.5 Å². The molecule has 10 heteroatoms. The molecule has 107 heavy (non-hydrogen) atoms.